The molecule has 1 aromatic carbocycles. The monoisotopic (exact) mass is 359 g/mol. The number of rotatable bonds is 5. The van der Waals surface area contributed by atoms with Gasteiger partial charge in [-0.05, 0) is 31.5 Å². The number of aliphatic hydroxyl groups excluding tert-OH is 1. The topological polar surface area (TPSA) is 108 Å². The van der Waals surface area contributed by atoms with Gasteiger partial charge in [-0.25, -0.2) is 4.79 Å². The molecular weight excluding hydrogens is 338 g/mol. The molecule has 26 heavy (non-hydrogen) atoms. The summed E-state index contributed by atoms with van der Waals surface area (Å²) < 4.78 is 4.75. The van der Waals surface area contributed by atoms with Gasteiger partial charge in [-0.1, -0.05) is 6.07 Å². The number of hydrogen-bond acceptors (Lipinski definition) is 6. The highest BCUT2D eigenvalue weighted by Crippen LogP contribution is 2.33. The summed E-state index contributed by atoms with van der Waals surface area (Å²) in [6, 6.07) is 5.23. The number of methoxy groups -OCH3 is 1. The smallest absolute Gasteiger partial charge is 0.337 e. The molecule has 0 fully saturated rings. The molecule has 1 aromatic rings. The molecule has 0 unspecified atom stereocenters. The average molecular weight is 359 g/mol. The van der Waals surface area contributed by atoms with Crippen LogP contribution in [0.5, 0.6) is 0 Å². The lowest BCUT2D eigenvalue weighted by molar-refractivity contribution is -0.136. The summed E-state index contributed by atoms with van der Waals surface area (Å²) in [5.74, 6) is -1.19. The summed E-state index contributed by atoms with van der Waals surface area (Å²) in [6.07, 6.45) is 0. The lowest BCUT2D eigenvalue weighted by Crippen LogP contribution is -2.32. The third-order valence-electron chi connectivity index (χ3n) is 4.59. The zero-order chi connectivity index (χ0) is 19.1. The Balaban J connectivity index is 1.94. The van der Waals surface area contributed by atoms with Crippen molar-refractivity contribution in [2.45, 2.75) is 19.4 Å². The standard InChI is InChI=1S/C18H21N3O5/c1-18(2)13-5-4-10(8-11(13)15(23)20-18)19-14-12(17(25)26-3)9-21(6-7-22)16(14)24/h4-5,8,19,22H,6-7,9H2,1-3H3,(H,20,23). The SMILES string of the molecule is COC(=O)C1=C(Nc2ccc3c(c2)C(=O)NC3(C)C)C(=O)N(CCO)C1. The molecule has 2 aliphatic heterocycles. The predicted molar refractivity (Wildman–Crippen MR) is 93.3 cm³/mol. The van der Waals surface area contributed by atoms with Crippen molar-refractivity contribution in [2.24, 2.45) is 0 Å². The van der Waals surface area contributed by atoms with Crippen molar-refractivity contribution in [2.75, 3.05) is 32.1 Å². The first-order valence-electron chi connectivity index (χ1n) is 8.24. The number of nitrogens with zero attached hydrogens (tertiary/aromatic N) is 1. The van der Waals surface area contributed by atoms with Crippen molar-refractivity contribution in [1.29, 1.82) is 0 Å². The summed E-state index contributed by atoms with van der Waals surface area (Å²) in [5.41, 5.74) is 1.75. The molecule has 0 spiro atoms. The van der Waals surface area contributed by atoms with Gasteiger partial charge in [0.2, 0.25) is 0 Å². The lowest BCUT2D eigenvalue weighted by Gasteiger charge is -2.19. The molecule has 0 bridgehead atoms. The van der Waals surface area contributed by atoms with Crippen LogP contribution in [-0.4, -0.2) is 54.6 Å². The van der Waals surface area contributed by atoms with E-state index in [0.29, 0.717) is 11.3 Å². The van der Waals surface area contributed by atoms with Crippen LogP contribution >= 0.6 is 0 Å². The van der Waals surface area contributed by atoms with Crippen LogP contribution in [0.3, 0.4) is 0 Å². The number of ether oxygens (including phenoxy) is 1. The molecule has 0 atom stereocenters. The van der Waals surface area contributed by atoms with E-state index in [0.717, 1.165) is 5.56 Å². The normalized spacial score (nSPS) is 18.1. The first kappa shape index (κ1) is 17.9. The maximum atomic E-state index is 12.5. The molecule has 2 amide bonds. The molecule has 0 saturated heterocycles. The number of benzene rings is 1. The van der Waals surface area contributed by atoms with E-state index in [-0.39, 0.29) is 36.9 Å². The van der Waals surface area contributed by atoms with E-state index < -0.39 is 17.4 Å². The summed E-state index contributed by atoms with van der Waals surface area (Å²) in [7, 11) is 1.24. The summed E-state index contributed by atoms with van der Waals surface area (Å²) >= 11 is 0. The second-order valence-electron chi connectivity index (χ2n) is 6.76. The Morgan fingerprint density at radius 1 is 1.38 bits per heavy atom. The van der Waals surface area contributed by atoms with Crippen molar-refractivity contribution in [1.82, 2.24) is 10.2 Å². The Labute approximate surface area is 150 Å². The van der Waals surface area contributed by atoms with E-state index in [1.165, 1.54) is 12.0 Å². The number of fused-ring (bicyclic) bond motifs is 1. The van der Waals surface area contributed by atoms with Crippen LogP contribution < -0.4 is 10.6 Å². The van der Waals surface area contributed by atoms with Gasteiger partial charge in [0, 0.05) is 17.8 Å². The van der Waals surface area contributed by atoms with Crippen molar-refractivity contribution in [3.8, 4) is 0 Å². The van der Waals surface area contributed by atoms with Gasteiger partial charge in [-0.2, -0.15) is 0 Å². The Morgan fingerprint density at radius 2 is 2.12 bits per heavy atom. The second-order valence-corrected chi connectivity index (χ2v) is 6.76. The zero-order valence-corrected chi connectivity index (χ0v) is 14.9. The Bertz CT molecular complexity index is 828. The van der Waals surface area contributed by atoms with Gasteiger partial charge < -0.3 is 25.4 Å². The summed E-state index contributed by atoms with van der Waals surface area (Å²) in [5, 5.41) is 14.9. The number of carbonyl (C=O) groups is 3. The highest BCUT2D eigenvalue weighted by atomic mass is 16.5. The minimum Gasteiger partial charge on any atom is -0.466 e. The molecule has 8 heteroatoms. The number of carbonyl (C=O) groups excluding carboxylic acids is 3. The molecule has 0 saturated carbocycles. The minimum absolute atomic E-state index is 0.0624. The predicted octanol–water partition coefficient (Wildman–Crippen LogP) is 0.339. The van der Waals surface area contributed by atoms with Crippen LogP contribution in [0.2, 0.25) is 0 Å². The van der Waals surface area contributed by atoms with Gasteiger partial charge in [-0.3, -0.25) is 9.59 Å². The van der Waals surface area contributed by atoms with Crippen molar-refractivity contribution >= 4 is 23.5 Å². The number of aliphatic hydroxyl groups is 1. The van der Waals surface area contributed by atoms with Gasteiger partial charge in [0.1, 0.15) is 5.70 Å². The Morgan fingerprint density at radius 3 is 2.77 bits per heavy atom. The van der Waals surface area contributed by atoms with Crippen LogP contribution in [0.1, 0.15) is 29.8 Å². The van der Waals surface area contributed by atoms with Gasteiger partial charge >= 0.3 is 5.97 Å². The number of amides is 2. The molecule has 0 aromatic heterocycles. The number of nitrogens with one attached hydrogen (secondary N) is 2. The Kier molecular flexibility index (Phi) is 4.45. The minimum atomic E-state index is -0.610. The molecule has 3 N–H and O–H groups in total. The van der Waals surface area contributed by atoms with Gasteiger partial charge in [0.25, 0.3) is 11.8 Å². The molecular formula is C18H21N3O5. The second kappa shape index (κ2) is 6.45. The number of esters is 1. The molecule has 3 rings (SSSR count). The fourth-order valence-electron chi connectivity index (χ4n) is 3.27. The molecule has 2 aliphatic rings. The van der Waals surface area contributed by atoms with Crippen molar-refractivity contribution in [3.63, 3.8) is 0 Å². The van der Waals surface area contributed by atoms with Crippen LogP contribution in [0.15, 0.2) is 29.5 Å². The number of β-amino-alcohol motifs (C(OH)–C–C–N with tert-alkyl or cyclic N) is 1. The molecule has 2 heterocycles. The first-order chi connectivity index (χ1) is 12.3. The fraction of sp³-hybridized carbons (Fsp3) is 0.389. The van der Waals surface area contributed by atoms with Gasteiger partial charge in [0.15, 0.2) is 0 Å². The third-order valence-corrected chi connectivity index (χ3v) is 4.59. The molecule has 8 nitrogen and oxygen atoms in total. The van der Waals surface area contributed by atoms with Crippen LogP contribution in [-0.2, 0) is 19.9 Å². The van der Waals surface area contributed by atoms with E-state index in [4.69, 9.17) is 9.84 Å². The average Bonchev–Trinajstić information content (AvgIpc) is 3.02. The van der Waals surface area contributed by atoms with Gasteiger partial charge in [-0.15, -0.1) is 0 Å². The maximum Gasteiger partial charge on any atom is 0.337 e. The third kappa shape index (κ3) is 2.92. The molecule has 138 valence electrons. The number of anilines is 1. The van der Waals surface area contributed by atoms with Crippen molar-refractivity contribution < 1.29 is 24.2 Å². The van der Waals surface area contributed by atoms with Gasteiger partial charge in [0.05, 0.1) is 31.4 Å². The largest absolute Gasteiger partial charge is 0.466 e. The highest BCUT2D eigenvalue weighted by molar-refractivity contribution is 6.09. The Hall–Kier alpha value is -2.87. The molecule has 0 radical (unpaired) electrons. The van der Waals surface area contributed by atoms with E-state index in [1.807, 2.05) is 19.9 Å². The number of hydrogen-bond donors (Lipinski definition) is 3. The van der Waals surface area contributed by atoms with Crippen LogP contribution in [0.25, 0.3) is 0 Å². The van der Waals surface area contributed by atoms with Crippen molar-refractivity contribution in [3.05, 3.63) is 40.6 Å². The maximum absolute atomic E-state index is 12.5. The van der Waals surface area contributed by atoms with Crippen LogP contribution in [0.4, 0.5) is 5.69 Å². The zero-order valence-electron chi connectivity index (χ0n) is 14.9. The quantitative estimate of drug-likeness (QED) is 0.655. The summed E-state index contributed by atoms with van der Waals surface area (Å²) in [6.45, 7) is 3.80. The highest BCUT2D eigenvalue weighted by Gasteiger charge is 2.37. The fourth-order valence-corrected chi connectivity index (χ4v) is 3.27. The lowest BCUT2D eigenvalue weighted by atomic mass is 9.94. The van der Waals surface area contributed by atoms with E-state index in [2.05, 4.69) is 10.6 Å². The molecule has 0 aliphatic carbocycles. The first-order valence-corrected chi connectivity index (χ1v) is 8.24. The summed E-state index contributed by atoms with van der Waals surface area (Å²) in [4.78, 5) is 38.1. The van der Waals surface area contributed by atoms with E-state index in [1.54, 1.807) is 12.1 Å². The van der Waals surface area contributed by atoms with E-state index >= 15 is 0 Å². The van der Waals surface area contributed by atoms with Crippen LogP contribution in [0, 0.1) is 0 Å². The van der Waals surface area contributed by atoms with E-state index in [9.17, 15) is 14.4 Å².